The van der Waals surface area contributed by atoms with Gasteiger partial charge in [0, 0.05) is 11.5 Å². The van der Waals surface area contributed by atoms with Crippen molar-refractivity contribution in [3.63, 3.8) is 0 Å². The molecule has 150 valence electrons. The van der Waals surface area contributed by atoms with E-state index in [9.17, 15) is 18.4 Å². The number of carbonyl (C=O) groups is 2. The first kappa shape index (κ1) is 19.1. The van der Waals surface area contributed by atoms with Gasteiger partial charge in [0.2, 0.25) is 0 Å². The number of halogens is 2. The second-order valence-electron chi connectivity index (χ2n) is 8.51. The quantitative estimate of drug-likeness (QED) is 0.503. The molecule has 4 aliphatic carbocycles. The smallest absolute Gasteiger partial charge is 0.387 e. The van der Waals surface area contributed by atoms with Crippen molar-refractivity contribution in [1.29, 1.82) is 0 Å². The van der Waals surface area contributed by atoms with Crippen molar-refractivity contribution < 1.29 is 27.8 Å². The molecule has 4 bridgehead atoms. The molecule has 6 heteroatoms. The molecule has 0 aromatic heterocycles. The van der Waals surface area contributed by atoms with Crippen molar-refractivity contribution in [1.82, 2.24) is 0 Å². The summed E-state index contributed by atoms with van der Waals surface area (Å²) in [5.74, 6) is 1.55. The molecule has 1 aromatic rings. The zero-order valence-electron chi connectivity index (χ0n) is 15.6. The van der Waals surface area contributed by atoms with Crippen LogP contribution in [0.2, 0.25) is 0 Å². The van der Waals surface area contributed by atoms with E-state index in [2.05, 4.69) is 4.74 Å². The largest absolute Gasteiger partial charge is 0.455 e. The van der Waals surface area contributed by atoms with Crippen LogP contribution >= 0.6 is 0 Å². The molecule has 0 spiro atoms. The molecule has 4 aliphatic rings. The Hall–Kier alpha value is -2.24. The molecule has 0 amide bonds. The summed E-state index contributed by atoms with van der Waals surface area (Å²) in [6.45, 7) is -3.04. The van der Waals surface area contributed by atoms with Gasteiger partial charge in [0.15, 0.2) is 12.4 Å². The Kier molecular flexibility index (Phi) is 5.21. The van der Waals surface area contributed by atoms with Gasteiger partial charge >= 0.3 is 12.6 Å². The molecule has 4 fully saturated rings. The van der Waals surface area contributed by atoms with Crippen molar-refractivity contribution in [2.45, 2.75) is 45.1 Å². The Morgan fingerprint density at radius 1 is 1.04 bits per heavy atom. The van der Waals surface area contributed by atoms with Gasteiger partial charge in [0.25, 0.3) is 0 Å². The molecule has 0 radical (unpaired) electrons. The van der Waals surface area contributed by atoms with Gasteiger partial charge in [-0.25, -0.2) is 4.79 Å². The average molecular weight is 390 g/mol. The number of hydrogen-bond donors (Lipinski definition) is 0. The summed E-state index contributed by atoms with van der Waals surface area (Å²) in [7, 11) is 0. The van der Waals surface area contributed by atoms with Crippen molar-refractivity contribution in [2.24, 2.45) is 23.2 Å². The number of ether oxygens (including phenoxy) is 2. The van der Waals surface area contributed by atoms with Gasteiger partial charge in [0.1, 0.15) is 5.75 Å². The minimum atomic E-state index is -2.87. The zero-order chi connectivity index (χ0) is 19.7. The third kappa shape index (κ3) is 4.10. The molecule has 0 aliphatic heterocycles. The van der Waals surface area contributed by atoms with Crippen LogP contribution in [-0.4, -0.2) is 25.0 Å². The van der Waals surface area contributed by atoms with E-state index in [0.717, 1.165) is 19.3 Å². The van der Waals surface area contributed by atoms with Crippen LogP contribution in [0.5, 0.6) is 5.75 Å². The molecule has 0 unspecified atom stereocenters. The topological polar surface area (TPSA) is 52.6 Å². The summed E-state index contributed by atoms with van der Waals surface area (Å²) in [6.07, 6.45) is 9.41. The van der Waals surface area contributed by atoms with Gasteiger partial charge in [-0.05, 0) is 80.1 Å². The molecule has 0 saturated heterocycles. The number of ketones is 1. The van der Waals surface area contributed by atoms with Gasteiger partial charge in [0.05, 0.1) is 0 Å². The lowest BCUT2D eigenvalue weighted by Crippen LogP contribution is -2.51. The standard InChI is InChI=1S/C22H24F2O4/c23-21(24)28-18-4-1-14(2-5-18)3-6-20(26)27-13-19(25)22-10-15-7-16(11-22)9-17(8-15)12-22/h1-6,15-17,21H,7-13H2. The Bertz CT molecular complexity index is 734. The van der Waals surface area contributed by atoms with Gasteiger partial charge in [-0.2, -0.15) is 8.78 Å². The number of esters is 1. The fourth-order valence-electron chi connectivity index (χ4n) is 5.71. The minimum Gasteiger partial charge on any atom is -0.455 e. The molecular formula is C22H24F2O4. The Morgan fingerprint density at radius 3 is 2.14 bits per heavy atom. The number of Topliss-reactive ketones (excluding diaryl/α,β-unsaturated/α-hetero) is 1. The van der Waals surface area contributed by atoms with E-state index >= 15 is 0 Å². The van der Waals surface area contributed by atoms with Crippen LogP contribution in [0.4, 0.5) is 8.78 Å². The summed E-state index contributed by atoms with van der Waals surface area (Å²) >= 11 is 0. The summed E-state index contributed by atoms with van der Waals surface area (Å²) < 4.78 is 33.7. The predicted molar refractivity (Wildman–Crippen MR) is 98.7 cm³/mol. The normalized spacial score (nSPS) is 30.8. The highest BCUT2D eigenvalue weighted by Gasteiger charge is 2.54. The van der Waals surface area contributed by atoms with E-state index < -0.39 is 12.6 Å². The highest BCUT2D eigenvalue weighted by atomic mass is 19.3. The lowest BCUT2D eigenvalue weighted by Gasteiger charge is -2.55. The van der Waals surface area contributed by atoms with Crippen LogP contribution in [0.1, 0.15) is 44.1 Å². The highest BCUT2D eigenvalue weighted by Crippen LogP contribution is 2.60. The molecule has 1 aromatic carbocycles. The molecule has 4 saturated carbocycles. The molecule has 5 rings (SSSR count). The Balaban J connectivity index is 1.28. The fraction of sp³-hybridized carbons (Fsp3) is 0.545. The van der Waals surface area contributed by atoms with Crippen LogP contribution < -0.4 is 4.74 Å². The predicted octanol–water partition coefficient (Wildman–Crippen LogP) is 4.63. The van der Waals surface area contributed by atoms with E-state index in [1.807, 2.05) is 0 Å². The third-order valence-corrected chi connectivity index (χ3v) is 6.49. The van der Waals surface area contributed by atoms with Gasteiger partial charge in [-0.3, -0.25) is 4.79 Å². The van der Waals surface area contributed by atoms with Crippen molar-refractivity contribution in [3.8, 4) is 5.75 Å². The van der Waals surface area contributed by atoms with Crippen LogP contribution in [0.25, 0.3) is 6.08 Å². The lowest BCUT2D eigenvalue weighted by molar-refractivity contribution is -0.155. The van der Waals surface area contributed by atoms with E-state index in [1.165, 1.54) is 43.5 Å². The second-order valence-corrected chi connectivity index (χ2v) is 8.51. The number of benzene rings is 1. The SMILES string of the molecule is O=C(C=Cc1ccc(OC(F)F)cc1)OCC(=O)C12CC3CC(CC(C3)C1)C2. The molecule has 28 heavy (non-hydrogen) atoms. The molecule has 0 N–H and O–H groups in total. The summed E-state index contributed by atoms with van der Waals surface area (Å²) in [5, 5.41) is 0. The molecule has 0 heterocycles. The van der Waals surface area contributed by atoms with Gasteiger partial charge in [-0.1, -0.05) is 12.1 Å². The minimum absolute atomic E-state index is 0.0518. The Labute approximate surface area is 162 Å². The van der Waals surface area contributed by atoms with E-state index in [-0.39, 0.29) is 23.6 Å². The molecule has 0 atom stereocenters. The van der Waals surface area contributed by atoms with E-state index in [0.29, 0.717) is 23.3 Å². The monoisotopic (exact) mass is 390 g/mol. The maximum Gasteiger partial charge on any atom is 0.387 e. The maximum atomic E-state index is 12.8. The first-order valence-electron chi connectivity index (χ1n) is 9.85. The number of alkyl halides is 2. The van der Waals surface area contributed by atoms with Crippen LogP contribution in [0.15, 0.2) is 30.3 Å². The fourth-order valence-corrected chi connectivity index (χ4v) is 5.71. The second kappa shape index (κ2) is 7.64. The number of carbonyl (C=O) groups excluding carboxylic acids is 2. The number of rotatable bonds is 7. The number of hydrogen-bond acceptors (Lipinski definition) is 4. The zero-order valence-corrected chi connectivity index (χ0v) is 15.6. The van der Waals surface area contributed by atoms with Crippen LogP contribution in [-0.2, 0) is 14.3 Å². The highest BCUT2D eigenvalue weighted by molar-refractivity contribution is 5.91. The lowest BCUT2D eigenvalue weighted by atomic mass is 9.48. The molecular weight excluding hydrogens is 366 g/mol. The van der Waals surface area contributed by atoms with E-state index in [1.54, 1.807) is 12.1 Å². The molecule has 4 nitrogen and oxygen atoms in total. The Morgan fingerprint density at radius 2 is 1.61 bits per heavy atom. The average Bonchev–Trinajstić information content (AvgIpc) is 2.64. The maximum absolute atomic E-state index is 12.8. The third-order valence-electron chi connectivity index (χ3n) is 6.49. The van der Waals surface area contributed by atoms with Crippen LogP contribution in [0.3, 0.4) is 0 Å². The summed E-state index contributed by atoms with van der Waals surface area (Å²) in [5.41, 5.74) is 0.380. The van der Waals surface area contributed by atoms with Gasteiger partial charge < -0.3 is 9.47 Å². The van der Waals surface area contributed by atoms with E-state index in [4.69, 9.17) is 4.74 Å². The van der Waals surface area contributed by atoms with Crippen molar-refractivity contribution >= 4 is 17.8 Å². The first-order valence-corrected chi connectivity index (χ1v) is 9.85. The van der Waals surface area contributed by atoms with Crippen LogP contribution in [0, 0.1) is 23.2 Å². The van der Waals surface area contributed by atoms with Gasteiger partial charge in [-0.15, -0.1) is 0 Å². The summed E-state index contributed by atoms with van der Waals surface area (Å²) in [6, 6.07) is 5.91. The first-order chi connectivity index (χ1) is 13.4. The summed E-state index contributed by atoms with van der Waals surface area (Å²) in [4.78, 5) is 24.8. The van der Waals surface area contributed by atoms with Crippen molar-refractivity contribution in [2.75, 3.05) is 6.61 Å². The van der Waals surface area contributed by atoms with Crippen molar-refractivity contribution in [3.05, 3.63) is 35.9 Å².